The van der Waals surface area contributed by atoms with Crippen molar-refractivity contribution >= 4 is 34.5 Å². The fourth-order valence-electron chi connectivity index (χ4n) is 2.21. The molecule has 24 heavy (non-hydrogen) atoms. The molecule has 3 rings (SSSR count). The number of anilines is 1. The first-order chi connectivity index (χ1) is 11.6. The van der Waals surface area contributed by atoms with E-state index in [9.17, 15) is 4.79 Å². The van der Waals surface area contributed by atoms with Gasteiger partial charge >= 0.3 is 0 Å². The van der Waals surface area contributed by atoms with E-state index in [0.717, 1.165) is 21.9 Å². The predicted molar refractivity (Wildman–Crippen MR) is 98.2 cm³/mol. The molecule has 0 bridgehead atoms. The summed E-state index contributed by atoms with van der Waals surface area (Å²) in [6, 6.07) is 13.0. The molecule has 1 N–H and O–H groups in total. The third-order valence-corrected chi connectivity index (χ3v) is 4.74. The van der Waals surface area contributed by atoms with Crippen LogP contribution in [0.2, 0.25) is 5.02 Å². The van der Waals surface area contributed by atoms with Crippen LogP contribution < -0.4 is 10.1 Å². The molecule has 2 aromatic carbocycles. The van der Waals surface area contributed by atoms with Crippen LogP contribution in [0.25, 0.3) is 10.6 Å². The zero-order chi connectivity index (χ0) is 17.1. The third-order valence-electron chi connectivity index (χ3n) is 3.53. The van der Waals surface area contributed by atoms with Gasteiger partial charge in [0, 0.05) is 10.9 Å². The number of methoxy groups -OCH3 is 1. The summed E-state index contributed by atoms with van der Waals surface area (Å²) in [7, 11) is 1.62. The average molecular weight is 359 g/mol. The first-order valence-corrected chi connectivity index (χ1v) is 8.50. The fraction of sp³-hybridized carbons (Fsp3) is 0.111. The Hall–Kier alpha value is -2.37. The van der Waals surface area contributed by atoms with E-state index in [0.29, 0.717) is 16.4 Å². The van der Waals surface area contributed by atoms with Crippen molar-refractivity contribution in [1.29, 1.82) is 0 Å². The number of amides is 1. The number of carbonyl (C=O) groups excluding carboxylic acids is 1. The van der Waals surface area contributed by atoms with Crippen LogP contribution >= 0.6 is 22.9 Å². The molecule has 0 saturated carbocycles. The zero-order valence-electron chi connectivity index (χ0n) is 13.2. The van der Waals surface area contributed by atoms with Crippen LogP contribution in [0.1, 0.15) is 16.1 Å². The molecular weight excluding hydrogens is 344 g/mol. The van der Waals surface area contributed by atoms with Gasteiger partial charge in [0.05, 0.1) is 17.8 Å². The van der Waals surface area contributed by atoms with E-state index >= 15 is 0 Å². The lowest BCUT2D eigenvalue weighted by atomic mass is 10.2. The minimum absolute atomic E-state index is 0.276. The highest BCUT2D eigenvalue weighted by Gasteiger charge is 2.14. The number of hydrogen-bond donors (Lipinski definition) is 1. The van der Waals surface area contributed by atoms with Crippen LogP contribution in [-0.2, 0) is 0 Å². The fourth-order valence-corrected chi connectivity index (χ4v) is 3.29. The van der Waals surface area contributed by atoms with Crippen molar-refractivity contribution in [2.45, 2.75) is 6.92 Å². The van der Waals surface area contributed by atoms with Crippen LogP contribution in [-0.4, -0.2) is 18.0 Å². The average Bonchev–Trinajstić information content (AvgIpc) is 3.08. The minimum Gasteiger partial charge on any atom is -0.497 e. The molecule has 6 heteroatoms. The van der Waals surface area contributed by atoms with Gasteiger partial charge in [-0.3, -0.25) is 4.79 Å². The van der Waals surface area contributed by atoms with Crippen LogP contribution in [0, 0.1) is 6.92 Å². The van der Waals surface area contributed by atoms with Crippen molar-refractivity contribution in [3.8, 4) is 16.3 Å². The maximum Gasteiger partial charge on any atom is 0.275 e. The predicted octanol–water partition coefficient (Wildman–Crippen LogP) is 5.03. The lowest BCUT2D eigenvalue weighted by molar-refractivity contribution is 0.102. The topological polar surface area (TPSA) is 51.2 Å². The molecule has 0 aliphatic rings. The normalized spacial score (nSPS) is 10.5. The van der Waals surface area contributed by atoms with E-state index in [-0.39, 0.29) is 5.91 Å². The van der Waals surface area contributed by atoms with Gasteiger partial charge in [0.25, 0.3) is 5.91 Å². The first kappa shape index (κ1) is 16.5. The Morgan fingerprint density at radius 3 is 2.62 bits per heavy atom. The molecule has 0 saturated heterocycles. The van der Waals surface area contributed by atoms with Crippen LogP contribution in [0.5, 0.6) is 5.75 Å². The van der Waals surface area contributed by atoms with Gasteiger partial charge in [-0.1, -0.05) is 23.7 Å². The molecule has 1 heterocycles. The summed E-state index contributed by atoms with van der Waals surface area (Å²) in [4.78, 5) is 16.8. The summed E-state index contributed by atoms with van der Waals surface area (Å²) in [5, 5.41) is 5.85. The maximum absolute atomic E-state index is 12.4. The molecule has 122 valence electrons. The van der Waals surface area contributed by atoms with Gasteiger partial charge < -0.3 is 10.1 Å². The van der Waals surface area contributed by atoms with Gasteiger partial charge in [-0.25, -0.2) is 4.98 Å². The minimum atomic E-state index is -0.276. The van der Waals surface area contributed by atoms with Gasteiger partial charge in [-0.05, 0) is 42.8 Å². The van der Waals surface area contributed by atoms with E-state index < -0.39 is 0 Å². The molecule has 4 nitrogen and oxygen atoms in total. The Morgan fingerprint density at radius 1 is 1.21 bits per heavy atom. The number of nitrogens with zero attached hydrogens (tertiary/aromatic N) is 1. The largest absolute Gasteiger partial charge is 0.497 e. The first-order valence-electron chi connectivity index (χ1n) is 7.25. The quantitative estimate of drug-likeness (QED) is 0.711. The van der Waals surface area contributed by atoms with Crippen molar-refractivity contribution in [1.82, 2.24) is 4.98 Å². The molecule has 1 aromatic heterocycles. The van der Waals surface area contributed by atoms with E-state index in [4.69, 9.17) is 16.3 Å². The molecule has 0 spiro atoms. The van der Waals surface area contributed by atoms with Crippen LogP contribution in [0.15, 0.2) is 47.8 Å². The highest BCUT2D eigenvalue weighted by molar-refractivity contribution is 7.13. The van der Waals surface area contributed by atoms with Gasteiger partial charge in [0.2, 0.25) is 0 Å². The van der Waals surface area contributed by atoms with Crippen molar-refractivity contribution in [2.24, 2.45) is 0 Å². The summed E-state index contributed by atoms with van der Waals surface area (Å²) in [6.07, 6.45) is 0. The molecule has 0 unspecified atom stereocenters. The number of nitrogens with one attached hydrogen (secondary N) is 1. The van der Waals surface area contributed by atoms with Crippen LogP contribution in [0.4, 0.5) is 5.69 Å². The molecule has 0 aliphatic heterocycles. The van der Waals surface area contributed by atoms with Crippen molar-refractivity contribution in [2.75, 3.05) is 12.4 Å². The van der Waals surface area contributed by atoms with Gasteiger partial charge in [0.1, 0.15) is 16.5 Å². The Balaban J connectivity index is 1.80. The monoisotopic (exact) mass is 358 g/mol. The van der Waals surface area contributed by atoms with Crippen molar-refractivity contribution < 1.29 is 9.53 Å². The standard InChI is InChI=1S/C18H15ClN2O2S/c1-11-4-3-5-14(19)16(11)21-17(22)15-10-24-18(20-15)12-6-8-13(23-2)9-7-12/h3-10H,1-2H3,(H,21,22). The smallest absolute Gasteiger partial charge is 0.275 e. The van der Waals surface area contributed by atoms with E-state index in [1.54, 1.807) is 18.6 Å². The zero-order valence-corrected chi connectivity index (χ0v) is 14.7. The summed E-state index contributed by atoms with van der Waals surface area (Å²) < 4.78 is 5.14. The SMILES string of the molecule is COc1ccc(-c2nc(C(=O)Nc3c(C)cccc3Cl)cs2)cc1. The number of carbonyl (C=O) groups is 1. The van der Waals surface area contributed by atoms with E-state index in [1.807, 2.05) is 43.3 Å². The second-order valence-electron chi connectivity index (χ2n) is 5.15. The number of thiazole rings is 1. The summed E-state index contributed by atoms with van der Waals surface area (Å²) in [6.45, 7) is 1.89. The maximum atomic E-state index is 12.4. The number of benzene rings is 2. The summed E-state index contributed by atoms with van der Waals surface area (Å²) in [5.74, 6) is 0.504. The van der Waals surface area contributed by atoms with Crippen molar-refractivity contribution in [3.63, 3.8) is 0 Å². The number of rotatable bonds is 4. The Labute approximate surface area is 149 Å². The molecule has 0 radical (unpaired) electrons. The molecule has 0 fully saturated rings. The molecule has 3 aromatic rings. The number of para-hydroxylation sites is 1. The summed E-state index contributed by atoms with van der Waals surface area (Å²) >= 11 is 7.56. The molecule has 0 aliphatic carbocycles. The van der Waals surface area contributed by atoms with Gasteiger partial charge in [-0.2, -0.15) is 0 Å². The van der Waals surface area contributed by atoms with E-state index in [2.05, 4.69) is 10.3 Å². The van der Waals surface area contributed by atoms with Crippen LogP contribution in [0.3, 0.4) is 0 Å². The highest BCUT2D eigenvalue weighted by atomic mass is 35.5. The van der Waals surface area contributed by atoms with E-state index in [1.165, 1.54) is 11.3 Å². The molecule has 0 atom stereocenters. The highest BCUT2D eigenvalue weighted by Crippen LogP contribution is 2.28. The number of hydrogen-bond acceptors (Lipinski definition) is 4. The lowest BCUT2D eigenvalue weighted by Gasteiger charge is -2.08. The Bertz CT molecular complexity index is 855. The molecular formula is C18H15ClN2O2S. The Morgan fingerprint density at radius 2 is 1.96 bits per heavy atom. The third kappa shape index (κ3) is 3.42. The van der Waals surface area contributed by atoms with Gasteiger partial charge in [0.15, 0.2) is 0 Å². The van der Waals surface area contributed by atoms with Crippen molar-refractivity contribution in [3.05, 3.63) is 64.1 Å². The Kier molecular flexibility index (Phi) is 4.83. The number of aromatic nitrogens is 1. The summed E-state index contributed by atoms with van der Waals surface area (Å²) in [5.41, 5.74) is 2.82. The number of ether oxygens (including phenoxy) is 1. The van der Waals surface area contributed by atoms with Gasteiger partial charge in [-0.15, -0.1) is 11.3 Å². The second kappa shape index (κ2) is 7.03. The molecule has 1 amide bonds. The second-order valence-corrected chi connectivity index (χ2v) is 6.42. The lowest BCUT2D eigenvalue weighted by Crippen LogP contribution is -2.13. The number of halogens is 1. The number of aryl methyl sites for hydroxylation is 1.